The van der Waals surface area contributed by atoms with Crippen LogP contribution in [0.5, 0.6) is 0 Å². The Balaban J connectivity index is 2.06. The van der Waals surface area contributed by atoms with Crippen molar-refractivity contribution >= 4 is 0 Å². The number of aryl methyl sites for hydroxylation is 1. The van der Waals surface area contributed by atoms with Crippen LogP contribution >= 0.6 is 0 Å². The maximum absolute atomic E-state index is 4.52. The van der Waals surface area contributed by atoms with Crippen molar-refractivity contribution in [2.45, 2.75) is 19.3 Å². The second kappa shape index (κ2) is 4.34. The van der Waals surface area contributed by atoms with Crippen molar-refractivity contribution in [2.24, 2.45) is 0 Å². The van der Waals surface area contributed by atoms with Gasteiger partial charge in [-0.15, -0.1) is 0 Å². The lowest BCUT2D eigenvalue weighted by molar-refractivity contribution is 0.679. The summed E-state index contributed by atoms with van der Waals surface area (Å²) in [4.78, 5) is 0. The summed E-state index contributed by atoms with van der Waals surface area (Å²) in [6.45, 7) is 4.34. The average molecular weight is 227 g/mol. The molecule has 88 valence electrons. The zero-order chi connectivity index (χ0) is 11.7. The van der Waals surface area contributed by atoms with Gasteiger partial charge in [-0.25, -0.2) is 4.68 Å². The minimum atomic E-state index is 0.595. The summed E-state index contributed by atoms with van der Waals surface area (Å²) < 4.78 is 2.09. The van der Waals surface area contributed by atoms with Crippen molar-refractivity contribution in [3.63, 3.8) is 0 Å². The first-order chi connectivity index (χ1) is 8.36. The van der Waals surface area contributed by atoms with Crippen molar-refractivity contribution in [1.82, 2.24) is 15.1 Å². The van der Waals surface area contributed by atoms with Crippen LogP contribution in [0.4, 0.5) is 0 Å². The molecule has 0 saturated carbocycles. The lowest BCUT2D eigenvalue weighted by Gasteiger charge is -2.13. The molecule has 3 nitrogen and oxygen atoms in total. The molecule has 1 aromatic carbocycles. The van der Waals surface area contributed by atoms with E-state index < -0.39 is 0 Å². The van der Waals surface area contributed by atoms with E-state index in [1.807, 2.05) is 12.3 Å². The van der Waals surface area contributed by atoms with Gasteiger partial charge in [0.15, 0.2) is 0 Å². The van der Waals surface area contributed by atoms with E-state index in [4.69, 9.17) is 0 Å². The third-order valence-corrected chi connectivity index (χ3v) is 3.45. The van der Waals surface area contributed by atoms with Gasteiger partial charge in [0, 0.05) is 12.5 Å². The van der Waals surface area contributed by atoms with Crippen molar-refractivity contribution in [3.05, 3.63) is 47.8 Å². The summed E-state index contributed by atoms with van der Waals surface area (Å²) in [5.74, 6) is 0.595. The SMILES string of the molecule is Cc1cnn(-c2ccccc2)c1C1CCNC1. The minimum Gasteiger partial charge on any atom is -0.316 e. The first-order valence-electron chi connectivity index (χ1n) is 6.17. The van der Waals surface area contributed by atoms with E-state index in [1.54, 1.807) is 0 Å². The number of nitrogens with one attached hydrogen (secondary N) is 1. The summed E-state index contributed by atoms with van der Waals surface area (Å²) in [6.07, 6.45) is 3.18. The number of benzene rings is 1. The minimum absolute atomic E-state index is 0.595. The predicted molar refractivity (Wildman–Crippen MR) is 68.5 cm³/mol. The fraction of sp³-hybridized carbons (Fsp3) is 0.357. The van der Waals surface area contributed by atoms with Gasteiger partial charge in [-0.3, -0.25) is 0 Å². The van der Waals surface area contributed by atoms with Crippen LogP contribution < -0.4 is 5.32 Å². The lowest BCUT2D eigenvalue weighted by atomic mass is 10.0. The van der Waals surface area contributed by atoms with E-state index in [-0.39, 0.29) is 0 Å². The molecule has 1 aliphatic heterocycles. The third kappa shape index (κ3) is 1.87. The van der Waals surface area contributed by atoms with E-state index in [0.717, 1.165) is 18.8 Å². The second-order valence-corrected chi connectivity index (χ2v) is 4.65. The molecule has 1 N–H and O–H groups in total. The number of aromatic nitrogens is 2. The quantitative estimate of drug-likeness (QED) is 0.853. The van der Waals surface area contributed by atoms with Gasteiger partial charge < -0.3 is 5.32 Å². The predicted octanol–water partition coefficient (Wildman–Crippen LogP) is 2.26. The van der Waals surface area contributed by atoms with E-state index >= 15 is 0 Å². The molecule has 2 aromatic rings. The molecule has 0 aliphatic carbocycles. The number of hydrogen-bond donors (Lipinski definition) is 1. The number of para-hydroxylation sites is 1. The molecule has 1 aromatic heterocycles. The molecule has 1 saturated heterocycles. The van der Waals surface area contributed by atoms with Crippen LogP contribution in [0, 0.1) is 6.92 Å². The topological polar surface area (TPSA) is 29.9 Å². The molecule has 1 atom stereocenters. The Hall–Kier alpha value is -1.61. The van der Waals surface area contributed by atoms with E-state index in [2.05, 4.69) is 46.3 Å². The lowest BCUT2D eigenvalue weighted by Crippen LogP contribution is -2.12. The first kappa shape index (κ1) is 10.5. The normalized spacial score (nSPS) is 19.7. The molecule has 0 bridgehead atoms. The Morgan fingerprint density at radius 3 is 2.82 bits per heavy atom. The zero-order valence-corrected chi connectivity index (χ0v) is 10.1. The molecule has 1 aliphatic rings. The number of hydrogen-bond acceptors (Lipinski definition) is 2. The van der Waals surface area contributed by atoms with Crippen molar-refractivity contribution in [2.75, 3.05) is 13.1 Å². The fourth-order valence-corrected chi connectivity index (χ4v) is 2.60. The average Bonchev–Trinajstić information content (AvgIpc) is 2.99. The van der Waals surface area contributed by atoms with Crippen LogP contribution in [0.3, 0.4) is 0 Å². The van der Waals surface area contributed by atoms with Crippen LogP contribution in [0.15, 0.2) is 36.5 Å². The van der Waals surface area contributed by atoms with Gasteiger partial charge in [0.25, 0.3) is 0 Å². The summed E-state index contributed by atoms with van der Waals surface area (Å²) >= 11 is 0. The molecule has 0 radical (unpaired) electrons. The van der Waals surface area contributed by atoms with Gasteiger partial charge in [-0.05, 0) is 37.6 Å². The Bertz CT molecular complexity index is 495. The van der Waals surface area contributed by atoms with E-state index in [1.165, 1.54) is 17.7 Å². The van der Waals surface area contributed by atoms with Crippen LogP contribution in [0.1, 0.15) is 23.6 Å². The first-order valence-corrected chi connectivity index (χ1v) is 6.17. The fourth-order valence-electron chi connectivity index (χ4n) is 2.60. The molecule has 3 heteroatoms. The Kier molecular flexibility index (Phi) is 2.69. The van der Waals surface area contributed by atoms with Gasteiger partial charge in [-0.2, -0.15) is 5.10 Å². The molecule has 17 heavy (non-hydrogen) atoms. The molecule has 1 unspecified atom stereocenters. The van der Waals surface area contributed by atoms with Crippen molar-refractivity contribution < 1.29 is 0 Å². The Morgan fingerprint density at radius 2 is 2.12 bits per heavy atom. The summed E-state index contributed by atoms with van der Waals surface area (Å²) in [5, 5.41) is 7.94. The number of rotatable bonds is 2. The second-order valence-electron chi connectivity index (χ2n) is 4.65. The molecule has 3 rings (SSSR count). The molecular weight excluding hydrogens is 210 g/mol. The Labute approximate surface area is 101 Å². The van der Waals surface area contributed by atoms with Crippen LogP contribution in [0.25, 0.3) is 5.69 Å². The largest absolute Gasteiger partial charge is 0.316 e. The zero-order valence-electron chi connectivity index (χ0n) is 10.1. The smallest absolute Gasteiger partial charge is 0.0649 e. The molecular formula is C14H17N3. The number of nitrogens with zero attached hydrogens (tertiary/aromatic N) is 2. The molecule has 1 fully saturated rings. The highest BCUT2D eigenvalue weighted by Gasteiger charge is 2.23. The Morgan fingerprint density at radius 1 is 1.29 bits per heavy atom. The highest BCUT2D eigenvalue weighted by atomic mass is 15.3. The molecule has 0 amide bonds. The molecule has 2 heterocycles. The van der Waals surface area contributed by atoms with Gasteiger partial charge >= 0.3 is 0 Å². The van der Waals surface area contributed by atoms with Crippen molar-refractivity contribution in [3.8, 4) is 5.69 Å². The third-order valence-electron chi connectivity index (χ3n) is 3.45. The van der Waals surface area contributed by atoms with Gasteiger partial charge in [-0.1, -0.05) is 18.2 Å². The van der Waals surface area contributed by atoms with Crippen LogP contribution in [-0.2, 0) is 0 Å². The monoisotopic (exact) mass is 227 g/mol. The highest BCUT2D eigenvalue weighted by molar-refractivity contribution is 5.36. The van der Waals surface area contributed by atoms with Crippen LogP contribution in [-0.4, -0.2) is 22.9 Å². The van der Waals surface area contributed by atoms with E-state index in [9.17, 15) is 0 Å². The maximum atomic E-state index is 4.52. The van der Waals surface area contributed by atoms with Gasteiger partial charge in [0.2, 0.25) is 0 Å². The summed E-state index contributed by atoms with van der Waals surface area (Å²) in [7, 11) is 0. The highest BCUT2D eigenvalue weighted by Crippen LogP contribution is 2.27. The maximum Gasteiger partial charge on any atom is 0.0649 e. The van der Waals surface area contributed by atoms with Gasteiger partial charge in [0.05, 0.1) is 17.6 Å². The standard InChI is InChI=1S/C14H17N3/c1-11-9-16-17(13-5-3-2-4-6-13)14(11)12-7-8-15-10-12/h2-6,9,12,15H,7-8,10H2,1H3. The van der Waals surface area contributed by atoms with Gasteiger partial charge in [0.1, 0.15) is 0 Å². The van der Waals surface area contributed by atoms with Crippen molar-refractivity contribution in [1.29, 1.82) is 0 Å². The van der Waals surface area contributed by atoms with Crippen LogP contribution in [0.2, 0.25) is 0 Å². The summed E-state index contributed by atoms with van der Waals surface area (Å²) in [6, 6.07) is 10.4. The molecule has 0 spiro atoms. The summed E-state index contributed by atoms with van der Waals surface area (Å²) in [5.41, 5.74) is 3.81. The van der Waals surface area contributed by atoms with E-state index in [0.29, 0.717) is 5.92 Å².